The van der Waals surface area contributed by atoms with Gasteiger partial charge in [0.15, 0.2) is 0 Å². The van der Waals surface area contributed by atoms with Gasteiger partial charge in [0.05, 0.1) is 5.60 Å². The van der Waals surface area contributed by atoms with E-state index in [-0.39, 0.29) is 11.9 Å². The van der Waals surface area contributed by atoms with Gasteiger partial charge in [-0.05, 0) is 32.3 Å². The number of hydrogen-bond acceptors (Lipinski definition) is 3. The number of nitrogens with one attached hydrogen (secondary N) is 1. The van der Waals surface area contributed by atoms with Crippen molar-refractivity contribution in [3.05, 3.63) is 35.9 Å². The summed E-state index contributed by atoms with van der Waals surface area (Å²) < 4.78 is 0. The number of benzene rings is 1. The molecule has 1 amide bonds. The first-order valence-electron chi connectivity index (χ1n) is 8.78. The van der Waals surface area contributed by atoms with Crippen LogP contribution in [-0.2, 0) is 10.4 Å². The lowest BCUT2D eigenvalue weighted by Gasteiger charge is -2.27. The summed E-state index contributed by atoms with van der Waals surface area (Å²) in [6.07, 6.45) is 5.20. The second-order valence-electron chi connectivity index (χ2n) is 6.92. The molecule has 1 aromatic carbocycles. The van der Waals surface area contributed by atoms with Crippen molar-refractivity contribution in [1.29, 1.82) is 0 Å². The largest absolute Gasteiger partial charge is 0.384 e. The van der Waals surface area contributed by atoms with Crippen LogP contribution in [0.3, 0.4) is 0 Å². The molecule has 4 heteroatoms. The molecule has 128 valence electrons. The van der Waals surface area contributed by atoms with E-state index in [9.17, 15) is 9.90 Å². The highest BCUT2D eigenvalue weighted by atomic mass is 16.3. The standard InChI is InChI=1S/C19H30N2O2/c1-16(14-18(22)21-12-8-3-4-9-13-21)20-15-19(2,23)17-10-6-5-7-11-17/h5-7,10-11,16,20,23H,3-4,8-9,12-15H2,1-2H3/t16-,19-/m1/s1. The van der Waals surface area contributed by atoms with Gasteiger partial charge in [-0.1, -0.05) is 43.2 Å². The smallest absolute Gasteiger partial charge is 0.224 e. The van der Waals surface area contributed by atoms with Gasteiger partial charge in [0.1, 0.15) is 0 Å². The first-order valence-corrected chi connectivity index (χ1v) is 8.78. The van der Waals surface area contributed by atoms with Crippen molar-refractivity contribution < 1.29 is 9.90 Å². The van der Waals surface area contributed by atoms with Gasteiger partial charge in [0.25, 0.3) is 0 Å². The number of amides is 1. The van der Waals surface area contributed by atoms with Crippen LogP contribution in [0, 0.1) is 0 Å². The zero-order chi connectivity index (χ0) is 16.7. The van der Waals surface area contributed by atoms with Crippen molar-refractivity contribution >= 4 is 5.91 Å². The molecule has 1 saturated heterocycles. The van der Waals surface area contributed by atoms with E-state index in [4.69, 9.17) is 0 Å². The number of carbonyl (C=O) groups is 1. The predicted octanol–water partition coefficient (Wildman–Crippen LogP) is 2.66. The van der Waals surface area contributed by atoms with E-state index in [1.807, 2.05) is 42.2 Å². The van der Waals surface area contributed by atoms with Crippen LogP contribution in [0.25, 0.3) is 0 Å². The molecular formula is C19H30N2O2. The highest BCUT2D eigenvalue weighted by Crippen LogP contribution is 2.19. The number of rotatable bonds is 6. The fraction of sp³-hybridized carbons (Fsp3) is 0.632. The molecule has 23 heavy (non-hydrogen) atoms. The topological polar surface area (TPSA) is 52.6 Å². The van der Waals surface area contributed by atoms with Crippen molar-refractivity contribution in [3.63, 3.8) is 0 Å². The van der Waals surface area contributed by atoms with E-state index in [0.29, 0.717) is 13.0 Å². The molecule has 0 unspecified atom stereocenters. The first-order chi connectivity index (χ1) is 11.0. The zero-order valence-corrected chi connectivity index (χ0v) is 14.4. The van der Waals surface area contributed by atoms with Crippen molar-refractivity contribution in [2.75, 3.05) is 19.6 Å². The maximum absolute atomic E-state index is 12.4. The predicted molar refractivity (Wildman–Crippen MR) is 93.1 cm³/mol. The van der Waals surface area contributed by atoms with Crippen molar-refractivity contribution in [3.8, 4) is 0 Å². The minimum absolute atomic E-state index is 0.0564. The molecule has 2 N–H and O–H groups in total. The van der Waals surface area contributed by atoms with Crippen LogP contribution in [0.4, 0.5) is 0 Å². The molecule has 0 aliphatic carbocycles. The molecule has 0 saturated carbocycles. The van der Waals surface area contributed by atoms with Gasteiger partial charge in [0, 0.05) is 32.1 Å². The van der Waals surface area contributed by atoms with Gasteiger partial charge >= 0.3 is 0 Å². The van der Waals surface area contributed by atoms with Crippen LogP contribution in [-0.4, -0.2) is 41.6 Å². The summed E-state index contributed by atoms with van der Waals surface area (Å²) in [7, 11) is 0. The third-order valence-corrected chi connectivity index (χ3v) is 4.63. The maximum atomic E-state index is 12.4. The summed E-state index contributed by atoms with van der Waals surface area (Å²) in [5.41, 5.74) is -0.0419. The lowest BCUT2D eigenvalue weighted by Crippen LogP contribution is -2.42. The van der Waals surface area contributed by atoms with E-state index in [1.54, 1.807) is 6.92 Å². The van der Waals surface area contributed by atoms with Crippen LogP contribution in [0.1, 0.15) is 51.5 Å². The Morgan fingerprint density at radius 3 is 2.43 bits per heavy atom. The normalized spacial score (nSPS) is 19.7. The van der Waals surface area contributed by atoms with Crippen LogP contribution in [0.15, 0.2) is 30.3 Å². The fourth-order valence-corrected chi connectivity index (χ4v) is 3.06. The van der Waals surface area contributed by atoms with E-state index < -0.39 is 5.60 Å². The number of carbonyl (C=O) groups excluding carboxylic acids is 1. The molecule has 0 bridgehead atoms. The van der Waals surface area contributed by atoms with Gasteiger partial charge in [-0.15, -0.1) is 0 Å². The Hall–Kier alpha value is -1.39. The second-order valence-corrected chi connectivity index (χ2v) is 6.92. The molecule has 1 heterocycles. The molecule has 0 spiro atoms. The van der Waals surface area contributed by atoms with Gasteiger partial charge in [-0.25, -0.2) is 0 Å². The Kier molecular flexibility index (Phi) is 6.60. The van der Waals surface area contributed by atoms with E-state index in [0.717, 1.165) is 31.5 Å². The van der Waals surface area contributed by atoms with Gasteiger partial charge in [-0.2, -0.15) is 0 Å². The highest BCUT2D eigenvalue weighted by Gasteiger charge is 2.24. The number of nitrogens with zero attached hydrogens (tertiary/aromatic N) is 1. The molecule has 1 fully saturated rings. The average Bonchev–Trinajstić information content (AvgIpc) is 2.83. The Balaban J connectivity index is 1.80. The Morgan fingerprint density at radius 1 is 1.22 bits per heavy atom. The summed E-state index contributed by atoms with van der Waals surface area (Å²) in [4.78, 5) is 14.4. The summed E-state index contributed by atoms with van der Waals surface area (Å²) in [6, 6.07) is 9.70. The van der Waals surface area contributed by atoms with Crippen molar-refractivity contribution in [1.82, 2.24) is 10.2 Å². The number of hydrogen-bond donors (Lipinski definition) is 2. The maximum Gasteiger partial charge on any atom is 0.224 e. The van der Waals surface area contributed by atoms with Gasteiger partial charge in [0.2, 0.25) is 5.91 Å². The SMILES string of the molecule is C[C@H](CC(=O)N1CCCCCC1)NC[C@@](C)(O)c1ccccc1. The molecule has 4 nitrogen and oxygen atoms in total. The monoisotopic (exact) mass is 318 g/mol. The second kappa shape index (κ2) is 8.46. The lowest BCUT2D eigenvalue weighted by atomic mass is 9.95. The number of likely N-dealkylation sites (tertiary alicyclic amines) is 1. The Bertz CT molecular complexity index is 479. The minimum atomic E-state index is -0.929. The zero-order valence-electron chi connectivity index (χ0n) is 14.4. The molecule has 1 aliphatic rings. The molecule has 0 radical (unpaired) electrons. The highest BCUT2D eigenvalue weighted by molar-refractivity contribution is 5.76. The van der Waals surface area contributed by atoms with Gasteiger partial charge < -0.3 is 15.3 Å². The summed E-state index contributed by atoms with van der Waals surface area (Å²) in [5.74, 6) is 0.228. The number of aliphatic hydroxyl groups is 1. The summed E-state index contributed by atoms with van der Waals surface area (Å²) >= 11 is 0. The van der Waals surface area contributed by atoms with Crippen LogP contribution >= 0.6 is 0 Å². The van der Waals surface area contributed by atoms with Crippen LogP contribution in [0.2, 0.25) is 0 Å². The van der Waals surface area contributed by atoms with E-state index in [2.05, 4.69) is 5.32 Å². The molecular weight excluding hydrogens is 288 g/mol. The summed E-state index contributed by atoms with van der Waals surface area (Å²) in [5, 5.41) is 13.9. The Morgan fingerprint density at radius 2 is 1.83 bits per heavy atom. The van der Waals surface area contributed by atoms with E-state index in [1.165, 1.54) is 12.8 Å². The van der Waals surface area contributed by atoms with Crippen molar-refractivity contribution in [2.45, 2.75) is 57.6 Å². The average molecular weight is 318 g/mol. The van der Waals surface area contributed by atoms with E-state index >= 15 is 0 Å². The first kappa shape index (κ1) is 18.0. The summed E-state index contributed by atoms with van der Waals surface area (Å²) in [6.45, 7) is 6.04. The molecule has 1 aliphatic heterocycles. The molecule has 2 atom stereocenters. The Labute approximate surface area is 139 Å². The lowest BCUT2D eigenvalue weighted by molar-refractivity contribution is -0.131. The van der Waals surface area contributed by atoms with Crippen LogP contribution < -0.4 is 5.32 Å². The quantitative estimate of drug-likeness (QED) is 0.848. The third-order valence-electron chi connectivity index (χ3n) is 4.63. The van der Waals surface area contributed by atoms with Gasteiger partial charge in [-0.3, -0.25) is 4.79 Å². The third kappa shape index (κ3) is 5.63. The minimum Gasteiger partial charge on any atom is -0.384 e. The molecule has 1 aromatic rings. The molecule has 0 aromatic heterocycles. The fourth-order valence-electron chi connectivity index (χ4n) is 3.06. The van der Waals surface area contributed by atoms with Crippen LogP contribution in [0.5, 0.6) is 0 Å². The molecule has 2 rings (SSSR count). The van der Waals surface area contributed by atoms with Crippen molar-refractivity contribution in [2.24, 2.45) is 0 Å².